The number of amides is 1. The maximum absolute atomic E-state index is 11.8. The van der Waals surface area contributed by atoms with Crippen LogP contribution in [0, 0.1) is 5.41 Å². The fourth-order valence-electron chi connectivity index (χ4n) is 2.57. The van der Waals surface area contributed by atoms with Crippen LogP contribution in [0.1, 0.15) is 44.9 Å². The summed E-state index contributed by atoms with van der Waals surface area (Å²) in [5.41, 5.74) is -0.956. The van der Waals surface area contributed by atoms with Crippen molar-refractivity contribution in [1.82, 2.24) is 5.32 Å². The maximum Gasteiger partial charge on any atom is 0.310 e. The largest absolute Gasteiger partial charge is 0.481 e. The highest BCUT2D eigenvalue weighted by Crippen LogP contribution is 2.39. The second-order valence-electron chi connectivity index (χ2n) is 5.39. The van der Waals surface area contributed by atoms with Gasteiger partial charge in [-0.3, -0.25) is 9.59 Å². The zero-order valence-corrected chi connectivity index (χ0v) is 12.2. The van der Waals surface area contributed by atoms with E-state index in [0.717, 1.165) is 19.3 Å². The van der Waals surface area contributed by atoms with Crippen molar-refractivity contribution < 1.29 is 23.1 Å². The number of carboxylic acid groups (broad SMARTS) is 1. The molecular weight excluding hydrogens is 284 g/mol. The van der Waals surface area contributed by atoms with E-state index in [-0.39, 0.29) is 31.0 Å². The van der Waals surface area contributed by atoms with Crippen molar-refractivity contribution in [3.63, 3.8) is 0 Å². The van der Waals surface area contributed by atoms with E-state index in [1.54, 1.807) is 0 Å². The Hall–Kier alpha value is -1.15. The van der Waals surface area contributed by atoms with E-state index in [1.165, 1.54) is 0 Å². The van der Waals surface area contributed by atoms with Crippen LogP contribution in [0.4, 0.5) is 0 Å². The van der Waals surface area contributed by atoms with Gasteiger partial charge in [0.15, 0.2) is 0 Å². The third-order valence-electron chi connectivity index (χ3n) is 3.69. The Morgan fingerprint density at radius 1 is 1.20 bits per heavy atom. The first-order valence-corrected chi connectivity index (χ1v) is 8.47. The van der Waals surface area contributed by atoms with Gasteiger partial charge in [0.1, 0.15) is 0 Å². The quantitative estimate of drug-likeness (QED) is 0.579. The lowest BCUT2D eigenvalue weighted by molar-refractivity contribution is -0.154. The second-order valence-corrected chi connectivity index (χ2v) is 7.13. The van der Waals surface area contributed by atoms with Gasteiger partial charge in [0.25, 0.3) is 0 Å². The van der Waals surface area contributed by atoms with Crippen molar-refractivity contribution in [2.75, 3.05) is 12.3 Å². The summed E-state index contributed by atoms with van der Waals surface area (Å²) in [7, 11) is -3.52. The van der Waals surface area contributed by atoms with Gasteiger partial charge in [-0.2, -0.15) is 0 Å². The van der Waals surface area contributed by atoms with Crippen molar-refractivity contribution in [2.24, 2.45) is 10.6 Å². The molecular formula is C12H22N2O5S. The molecule has 1 amide bonds. The van der Waals surface area contributed by atoms with E-state index < -0.39 is 21.4 Å². The summed E-state index contributed by atoms with van der Waals surface area (Å²) in [5.74, 6) is -1.46. The zero-order chi connectivity index (χ0) is 15.2. The molecule has 0 saturated heterocycles. The maximum atomic E-state index is 11.8. The summed E-state index contributed by atoms with van der Waals surface area (Å²) in [4.78, 5) is 23.2. The lowest BCUT2D eigenvalue weighted by atomic mass is 9.71. The minimum atomic E-state index is -3.52. The number of nitrogens with one attached hydrogen (secondary N) is 1. The Kier molecular flexibility index (Phi) is 5.94. The monoisotopic (exact) mass is 306 g/mol. The molecule has 20 heavy (non-hydrogen) atoms. The summed E-state index contributed by atoms with van der Waals surface area (Å²) < 4.78 is 21.4. The molecule has 0 aromatic heterocycles. The van der Waals surface area contributed by atoms with Gasteiger partial charge in [-0.1, -0.05) is 19.3 Å². The standard InChI is InChI=1S/C12H22N2O5S/c13-20(18,19)8-4-7-14-10(15)9-12(11(16)17)5-2-1-3-6-12/h1-9H2,(H,14,15)(H,16,17)(H2,13,18,19). The van der Waals surface area contributed by atoms with Gasteiger partial charge in [0.05, 0.1) is 11.2 Å². The smallest absolute Gasteiger partial charge is 0.310 e. The van der Waals surface area contributed by atoms with Crippen LogP contribution in [0.15, 0.2) is 0 Å². The minimum Gasteiger partial charge on any atom is -0.481 e. The van der Waals surface area contributed by atoms with Gasteiger partial charge in [-0.05, 0) is 19.3 Å². The number of sulfonamides is 1. The first kappa shape index (κ1) is 16.9. The summed E-state index contributed by atoms with van der Waals surface area (Å²) >= 11 is 0. The van der Waals surface area contributed by atoms with Crippen molar-refractivity contribution in [3.05, 3.63) is 0 Å². The van der Waals surface area contributed by atoms with Crippen LogP contribution in [0.2, 0.25) is 0 Å². The SMILES string of the molecule is NS(=O)(=O)CCCNC(=O)CC1(C(=O)O)CCCCC1. The fourth-order valence-corrected chi connectivity index (χ4v) is 3.11. The van der Waals surface area contributed by atoms with Gasteiger partial charge in [0, 0.05) is 13.0 Å². The van der Waals surface area contributed by atoms with Crippen LogP contribution >= 0.6 is 0 Å². The Morgan fingerprint density at radius 3 is 2.30 bits per heavy atom. The summed E-state index contributed by atoms with van der Waals surface area (Å²) in [5, 5.41) is 16.7. The molecule has 0 spiro atoms. The molecule has 1 aliphatic carbocycles. The van der Waals surface area contributed by atoms with Gasteiger partial charge in [-0.15, -0.1) is 0 Å². The van der Waals surface area contributed by atoms with Crippen LogP contribution in [0.5, 0.6) is 0 Å². The third kappa shape index (κ3) is 5.46. The first-order chi connectivity index (χ1) is 9.25. The highest BCUT2D eigenvalue weighted by Gasteiger charge is 2.41. The molecule has 1 fully saturated rings. The summed E-state index contributed by atoms with van der Waals surface area (Å²) in [6.45, 7) is 0.185. The van der Waals surface area contributed by atoms with E-state index in [2.05, 4.69) is 5.32 Å². The molecule has 0 aliphatic heterocycles. The molecule has 1 aliphatic rings. The summed E-state index contributed by atoms with van der Waals surface area (Å²) in [6, 6.07) is 0. The van der Waals surface area contributed by atoms with E-state index in [9.17, 15) is 23.1 Å². The first-order valence-electron chi connectivity index (χ1n) is 6.76. The van der Waals surface area contributed by atoms with Crippen molar-refractivity contribution in [1.29, 1.82) is 0 Å². The predicted octanol–water partition coefficient (Wildman–Crippen LogP) is 0.206. The number of aliphatic carboxylic acids is 1. The Labute approximate surface area is 119 Å². The van der Waals surface area contributed by atoms with E-state index in [0.29, 0.717) is 12.8 Å². The second kappa shape index (κ2) is 7.03. The Bertz CT molecular complexity index is 454. The van der Waals surface area contributed by atoms with Crippen molar-refractivity contribution in [2.45, 2.75) is 44.9 Å². The molecule has 8 heteroatoms. The van der Waals surface area contributed by atoms with Crippen LogP contribution in [0.25, 0.3) is 0 Å². The van der Waals surface area contributed by atoms with Crippen LogP contribution in [-0.4, -0.2) is 37.7 Å². The van der Waals surface area contributed by atoms with E-state index >= 15 is 0 Å². The predicted molar refractivity (Wildman–Crippen MR) is 73.4 cm³/mol. The highest BCUT2D eigenvalue weighted by molar-refractivity contribution is 7.89. The lowest BCUT2D eigenvalue weighted by Gasteiger charge is -2.32. The van der Waals surface area contributed by atoms with Crippen molar-refractivity contribution in [3.8, 4) is 0 Å². The number of carbonyl (C=O) groups is 2. The molecule has 7 nitrogen and oxygen atoms in total. The average Bonchev–Trinajstić information content (AvgIpc) is 2.34. The molecule has 0 heterocycles. The number of carboxylic acids is 1. The lowest BCUT2D eigenvalue weighted by Crippen LogP contribution is -2.39. The van der Waals surface area contributed by atoms with E-state index in [1.807, 2.05) is 0 Å². The molecule has 4 N–H and O–H groups in total. The molecule has 1 saturated carbocycles. The molecule has 116 valence electrons. The average molecular weight is 306 g/mol. The molecule has 0 aromatic carbocycles. The highest BCUT2D eigenvalue weighted by atomic mass is 32.2. The molecule has 0 bridgehead atoms. The van der Waals surface area contributed by atoms with Crippen molar-refractivity contribution >= 4 is 21.9 Å². The number of rotatable bonds is 7. The number of hydrogen-bond donors (Lipinski definition) is 3. The molecule has 0 aromatic rings. The summed E-state index contributed by atoms with van der Waals surface area (Å²) in [6.07, 6.45) is 3.88. The van der Waals surface area contributed by atoms with E-state index in [4.69, 9.17) is 5.14 Å². The van der Waals surface area contributed by atoms with Crippen LogP contribution < -0.4 is 10.5 Å². The molecule has 0 unspecified atom stereocenters. The Morgan fingerprint density at radius 2 is 1.80 bits per heavy atom. The topological polar surface area (TPSA) is 127 Å². The number of primary sulfonamides is 1. The fraction of sp³-hybridized carbons (Fsp3) is 0.833. The zero-order valence-electron chi connectivity index (χ0n) is 11.4. The number of carbonyl (C=O) groups excluding carboxylic acids is 1. The Balaban J connectivity index is 2.41. The van der Waals surface area contributed by atoms with Crippen LogP contribution in [-0.2, 0) is 19.6 Å². The molecule has 1 rings (SSSR count). The third-order valence-corrected chi connectivity index (χ3v) is 4.55. The molecule has 0 radical (unpaired) electrons. The van der Waals surface area contributed by atoms with Gasteiger partial charge < -0.3 is 10.4 Å². The van der Waals surface area contributed by atoms with Gasteiger partial charge >= 0.3 is 5.97 Å². The number of nitrogens with two attached hydrogens (primary N) is 1. The van der Waals surface area contributed by atoms with Gasteiger partial charge in [-0.25, -0.2) is 13.6 Å². The number of hydrogen-bond acceptors (Lipinski definition) is 4. The minimum absolute atomic E-state index is 0.0439. The van der Waals surface area contributed by atoms with Gasteiger partial charge in [0.2, 0.25) is 15.9 Å². The van der Waals surface area contributed by atoms with Crippen LogP contribution in [0.3, 0.4) is 0 Å². The normalized spacial score (nSPS) is 18.4. The molecule has 0 atom stereocenters.